The second-order valence-corrected chi connectivity index (χ2v) is 11.1. The summed E-state index contributed by atoms with van der Waals surface area (Å²) in [5.41, 5.74) is 6.69. The number of nitrogens with zero attached hydrogens (tertiary/aromatic N) is 6. The molecule has 8 nitrogen and oxygen atoms in total. The van der Waals surface area contributed by atoms with Crippen LogP contribution in [0.4, 0.5) is 0 Å². The van der Waals surface area contributed by atoms with Crippen LogP contribution < -0.4 is 0 Å². The molecule has 8 bridgehead atoms. The summed E-state index contributed by atoms with van der Waals surface area (Å²) in [4.78, 5) is 38.4. The van der Waals surface area contributed by atoms with Gasteiger partial charge in [0.2, 0.25) is 0 Å². The number of thiol groups is 2. The number of aromatic amines is 2. The van der Waals surface area contributed by atoms with Crippen molar-refractivity contribution in [3.8, 4) is 68.3 Å². The molecule has 9 rings (SSSR count). The summed E-state index contributed by atoms with van der Waals surface area (Å²) < 4.78 is 0. The number of rotatable bonds is 0. The van der Waals surface area contributed by atoms with E-state index in [0.717, 1.165) is 59.6 Å². The summed E-state index contributed by atoms with van der Waals surface area (Å²) in [6, 6.07) is 27.8. The van der Waals surface area contributed by atoms with Gasteiger partial charge in [-0.05, 0) is 24.3 Å². The number of H-pyrrole nitrogens is 2. The Morgan fingerprint density at radius 1 is 0.476 bits per heavy atom. The lowest BCUT2D eigenvalue weighted by Gasteiger charge is -2.02. The summed E-state index contributed by atoms with van der Waals surface area (Å²) in [7, 11) is 0. The molecular formula is C32H18N8S2. The van der Waals surface area contributed by atoms with Crippen LogP contribution in [0.5, 0.6) is 0 Å². The predicted molar refractivity (Wildman–Crippen MR) is 169 cm³/mol. The Balaban J connectivity index is 1.49. The molecule has 6 aromatic rings. The number of fused-ring (bicyclic) bond motifs is 20. The van der Waals surface area contributed by atoms with Gasteiger partial charge in [-0.25, -0.2) is 29.9 Å². The number of hydrogen-bond acceptors (Lipinski definition) is 8. The molecular weight excluding hydrogens is 561 g/mol. The van der Waals surface area contributed by atoms with Crippen molar-refractivity contribution in [2.45, 2.75) is 9.79 Å². The zero-order valence-corrected chi connectivity index (χ0v) is 23.4. The van der Waals surface area contributed by atoms with E-state index >= 15 is 0 Å². The maximum Gasteiger partial charge on any atom is 0.165 e. The Morgan fingerprint density at radius 3 is 1.83 bits per heavy atom. The van der Waals surface area contributed by atoms with Crippen LogP contribution in [-0.4, -0.2) is 39.9 Å². The molecule has 2 aromatic heterocycles. The summed E-state index contributed by atoms with van der Waals surface area (Å²) in [5, 5.41) is 1.87. The van der Waals surface area contributed by atoms with Gasteiger partial charge in [0, 0.05) is 53.9 Å². The third-order valence-corrected chi connectivity index (χ3v) is 8.29. The van der Waals surface area contributed by atoms with E-state index in [-0.39, 0.29) is 0 Å². The third-order valence-electron chi connectivity index (χ3n) is 7.64. The first-order valence-corrected chi connectivity index (χ1v) is 14.2. The quantitative estimate of drug-likeness (QED) is 0.140. The molecule has 5 heterocycles. The number of benzene rings is 4. The monoisotopic (exact) mass is 578 g/mol. The molecule has 0 fully saturated rings. The molecule has 0 spiro atoms. The van der Waals surface area contributed by atoms with E-state index in [9.17, 15) is 0 Å². The van der Waals surface area contributed by atoms with E-state index in [1.807, 2.05) is 84.9 Å². The molecule has 198 valence electrons. The van der Waals surface area contributed by atoms with Crippen molar-refractivity contribution in [1.29, 1.82) is 0 Å². The molecule has 2 N–H and O–H groups in total. The highest BCUT2D eigenvalue weighted by Crippen LogP contribution is 2.41. The standard InChI is InChI=1S/C32H18N8S2/c41-15-12-13-20-22(14-15)31-37-27-17-7-2-1-6-16(17)26(33-27)36-30-21-10-5-11-23(42)24(21)32(40-30)39-28-19-9-4-3-8-18(19)25(34-28)35-29(20)38-31/h1-14,41-42H,(H2,33,34,35,36,37,38,39,40). The highest BCUT2D eigenvalue weighted by molar-refractivity contribution is 7.80. The van der Waals surface area contributed by atoms with Crippen LogP contribution in [-0.2, 0) is 0 Å². The van der Waals surface area contributed by atoms with Gasteiger partial charge >= 0.3 is 0 Å². The number of aromatic nitrogens is 8. The first-order chi connectivity index (χ1) is 20.6. The van der Waals surface area contributed by atoms with Crippen molar-refractivity contribution in [2.75, 3.05) is 0 Å². The molecule has 10 heteroatoms. The molecule has 3 aliphatic rings. The summed E-state index contributed by atoms with van der Waals surface area (Å²) in [5.74, 6) is 3.35. The van der Waals surface area contributed by atoms with Crippen molar-refractivity contribution in [2.24, 2.45) is 0 Å². The molecule has 0 unspecified atom stereocenters. The Labute approximate surface area is 249 Å². The summed E-state index contributed by atoms with van der Waals surface area (Å²) >= 11 is 9.37. The van der Waals surface area contributed by atoms with Gasteiger partial charge in [0.05, 0.1) is 0 Å². The third kappa shape index (κ3) is 3.45. The Hall–Kier alpha value is -5.06. The Bertz CT molecular complexity index is 2360. The van der Waals surface area contributed by atoms with Gasteiger partial charge in [0.15, 0.2) is 29.1 Å². The van der Waals surface area contributed by atoms with E-state index in [2.05, 4.69) is 22.6 Å². The average Bonchev–Trinajstić information content (AvgIpc) is 3.73. The van der Waals surface area contributed by atoms with Gasteiger partial charge in [-0.3, -0.25) is 0 Å². The van der Waals surface area contributed by atoms with E-state index in [0.29, 0.717) is 40.6 Å². The molecule has 42 heavy (non-hydrogen) atoms. The minimum absolute atomic E-state index is 0.505. The number of hydrogen-bond donors (Lipinski definition) is 4. The van der Waals surface area contributed by atoms with Gasteiger partial charge in [-0.15, -0.1) is 25.3 Å². The predicted octanol–water partition coefficient (Wildman–Crippen LogP) is 7.35. The van der Waals surface area contributed by atoms with E-state index in [1.54, 1.807) is 0 Å². The van der Waals surface area contributed by atoms with Crippen LogP contribution in [0.25, 0.3) is 90.4 Å². The largest absolute Gasteiger partial charge is 0.325 e. The van der Waals surface area contributed by atoms with Crippen LogP contribution in [0, 0.1) is 0 Å². The van der Waals surface area contributed by atoms with Crippen molar-refractivity contribution in [1.82, 2.24) is 39.9 Å². The van der Waals surface area contributed by atoms with Crippen molar-refractivity contribution in [3.05, 3.63) is 84.9 Å². The van der Waals surface area contributed by atoms with Crippen LogP contribution >= 0.6 is 25.3 Å². The van der Waals surface area contributed by atoms with Crippen LogP contribution in [0.2, 0.25) is 0 Å². The fourth-order valence-electron chi connectivity index (χ4n) is 5.71. The minimum Gasteiger partial charge on any atom is -0.325 e. The maximum atomic E-state index is 5.03. The molecule has 4 aromatic carbocycles. The lowest BCUT2D eigenvalue weighted by Crippen LogP contribution is -1.86. The van der Waals surface area contributed by atoms with Crippen molar-refractivity contribution < 1.29 is 0 Å². The highest BCUT2D eigenvalue weighted by Gasteiger charge is 2.26. The van der Waals surface area contributed by atoms with Gasteiger partial charge in [0.1, 0.15) is 17.1 Å². The zero-order valence-electron chi connectivity index (χ0n) is 21.7. The molecule has 0 saturated carbocycles. The minimum atomic E-state index is 0.505. The molecule has 0 aliphatic carbocycles. The SMILES string of the molecule is Sc1ccc2c3[nH]c4nc(nc5nc(nc6nc(nc([nH]3)c2c1)-c1ccccc1-6)-c1cccc(S)c1-5)-c1ccccc1-4. The van der Waals surface area contributed by atoms with Crippen molar-refractivity contribution in [3.63, 3.8) is 0 Å². The van der Waals surface area contributed by atoms with Gasteiger partial charge in [-0.2, -0.15) is 0 Å². The lowest BCUT2D eigenvalue weighted by molar-refractivity contribution is 1.14. The molecule has 0 saturated heterocycles. The molecule has 0 amide bonds. The van der Waals surface area contributed by atoms with Crippen LogP contribution in [0.3, 0.4) is 0 Å². The Morgan fingerprint density at radius 2 is 1.07 bits per heavy atom. The van der Waals surface area contributed by atoms with Crippen LogP contribution in [0.15, 0.2) is 94.7 Å². The van der Waals surface area contributed by atoms with Gasteiger partial charge in [-0.1, -0.05) is 60.7 Å². The first-order valence-electron chi connectivity index (χ1n) is 13.3. The maximum absolute atomic E-state index is 5.03. The van der Waals surface area contributed by atoms with E-state index < -0.39 is 0 Å². The molecule has 0 atom stereocenters. The number of nitrogens with one attached hydrogen (secondary N) is 2. The summed E-state index contributed by atoms with van der Waals surface area (Å²) in [6.45, 7) is 0. The smallest absolute Gasteiger partial charge is 0.165 e. The van der Waals surface area contributed by atoms with E-state index in [4.69, 9.17) is 42.5 Å². The van der Waals surface area contributed by atoms with Gasteiger partial charge in [0.25, 0.3) is 0 Å². The Kier molecular flexibility index (Phi) is 4.90. The summed E-state index contributed by atoms with van der Waals surface area (Å²) in [6.07, 6.45) is 0. The molecule has 3 aliphatic heterocycles. The van der Waals surface area contributed by atoms with Crippen molar-refractivity contribution >= 4 is 47.3 Å². The fourth-order valence-corrected chi connectivity index (χ4v) is 6.22. The second-order valence-electron chi connectivity index (χ2n) is 10.1. The average molecular weight is 579 g/mol. The molecule has 0 radical (unpaired) electrons. The topological polar surface area (TPSA) is 109 Å². The lowest BCUT2D eigenvalue weighted by atomic mass is 10.1. The van der Waals surface area contributed by atoms with E-state index in [1.165, 1.54) is 0 Å². The zero-order chi connectivity index (χ0) is 27.9. The van der Waals surface area contributed by atoms with Gasteiger partial charge < -0.3 is 9.97 Å². The normalized spacial score (nSPS) is 12.0. The second kappa shape index (κ2) is 8.72. The highest BCUT2D eigenvalue weighted by atomic mass is 32.1. The first kappa shape index (κ1) is 23.6. The van der Waals surface area contributed by atoms with Crippen LogP contribution in [0.1, 0.15) is 0 Å². The fraction of sp³-hybridized carbons (Fsp3) is 0.